The summed E-state index contributed by atoms with van der Waals surface area (Å²) < 4.78 is 62.2. The summed E-state index contributed by atoms with van der Waals surface area (Å²) in [6.45, 7) is 3.93. The summed E-state index contributed by atoms with van der Waals surface area (Å²) in [5, 5.41) is 6.52. The molecule has 2 aliphatic rings. The molecule has 4 aromatic rings. The number of amides is 2. The van der Waals surface area contributed by atoms with E-state index in [0.29, 0.717) is 37.4 Å². The molecule has 53 heavy (non-hydrogen) atoms. The summed E-state index contributed by atoms with van der Waals surface area (Å²) >= 11 is 1.63. The maximum atomic E-state index is 14.4. The zero-order chi connectivity index (χ0) is 37.6. The van der Waals surface area contributed by atoms with Gasteiger partial charge in [-0.3, -0.25) is 24.8 Å². The van der Waals surface area contributed by atoms with E-state index in [1.807, 2.05) is 30.3 Å². The van der Waals surface area contributed by atoms with Gasteiger partial charge in [-0.15, -0.1) is 11.8 Å². The number of carbonyl (C=O) groups is 2. The van der Waals surface area contributed by atoms with Crippen LogP contribution in [0.1, 0.15) is 33.6 Å². The highest BCUT2D eigenvalue weighted by atomic mass is 32.2. The number of rotatable bonds is 14. The Morgan fingerprint density at radius 1 is 1.00 bits per heavy atom. The molecule has 0 spiro atoms. The van der Waals surface area contributed by atoms with Crippen LogP contribution in [-0.2, 0) is 41.4 Å². The van der Waals surface area contributed by atoms with Crippen LogP contribution < -0.4 is 21.1 Å². The predicted molar refractivity (Wildman–Crippen MR) is 203 cm³/mol. The maximum absolute atomic E-state index is 14.4. The molecule has 0 bridgehead atoms. The molecule has 1 aromatic heterocycles. The van der Waals surface area contributed by atoms with Crippen molar-refractivity contribution in [1.29, 1.82) is 0 Å². The molecule has 6 rings (SSSR count). The normalized spacial score (nSPS) is 18.4. The standard InChI is InChI=1S/C37H42N6O7S3/c1-52(46,47)32-24-29(13-14-31(32)41-27(16-19-43-20-22-50-23-21-43)25-51-28-9-3-2-4-10-28)53(48,49)42-36(45)37(33-12-5-6-17-39-33)34-26(15-18-40-37)8-7-11-30(34)35(38)44/h2-14,17,24,27,40-41H,15-16,18-23,25H2,1H3,(H2,38,44)(H,42,45)/t27-,37?/m1/s1. The minimum absolute atomic E-state index is 0.0382. The van der Waals surface area contributed by atoms with E-state index < -0.39 is 42.1 Å². The number of benzene rings is 3. The number of ether oxygens (including phenoxy) is 1. The fraction of sp³-hybridized carbons (Fsp3) is 0.324. The van der Waals surface area contributed by atoms with Crippen LogP contribution in [0.2, 0.25) is 0 Å². The Morgan fingerprint density at radius 2 is 1.75 bits per heavy atom. The van der Waals surface area contributed by atoms with E-state index in [1.165, 1.54) is 24.4 Å². The van der Waals surface area contributed by atoms with Crippen LogP contribution in [0.15, 0.2) is 106 Å². The minimum Gasteiger partial charge on any atom is -0.380 e. The molecule has 5 N–H and O–H groups in total. The summed E-state index contributed by atoms with van der Waals surface area (Å²) in [5.41, 5.74) is 5.11. The van der Waals surface area contributed by atoms with E-state index >= 15 is 0 Å². The number of sulfone groups is 1. The van der Waals surface area contributed by atoms with Gasteiger partial charge in [0.1, 0.15) is 0 Å². The molecular formula is C37H42N6O7S3. The topological polar surface area (TPSA) is 190 Å². The van der Waals surface area contributed by atoms with Gasteiger partial charge in [-0.25, -0.2) is 21.6 Å². The van der Waals surface area contributed by atoms with Crippen LogP contribution in [0.25, 0.3) is 0 Å². The van der Waals surface area contributed by atoms with E-state index in [9.17, 15) is 26.4 Å². The lowest BCUT2D eigenvalue weighted by molar-refractivity contribution is -0.125. The second-order valence-electron chi connectivity index (χ2n) is 12.9. The first kappa shape index (κ1) is 38.4. The number of nitrogens with two attached hydrogens (primary N) is 1. The molecule has 1 fully saturated rings. The van der Waals surface area contributed by atoms with E-state index in [1.54, 1.807) is 42.1 Å². The van der Waals surface area contributed by atoms with Crippen molar-refractivity contribution >= 4 is 49.1 Å². The second kappa shape index (κ2) is 16.4. The third kappa shape index (κ3) is 8.74. The van der Waals surface area contributed by atoms with E-state index in [0.717, 1.165) is 36.9 Å². The van der Waals surface area contributed by atoms with Crippen molar-refractivity contribution in [3.63, 3.8) is 0 Å². The highest BCUT2D eigenvalue weighted by Gasteiger charge is 2.49. The fourth-order valence-electron chi connectivity index (χ4n) is 6.69. The first-order valence-corrected chi connectivity index (χ1v) is 21.5. The van der Waals surface area contributed by atoms with Crippen LogP contribution in [0.5, 0.6) is 0 Å². The number of aromatic nitrogens is 1. The molecule has 3 heterocycles. The number of hydrogen-bond acceptors (Lipinski definition) is 12. The molecule has 0 saturated carbocycles. The first-order chi connectivity index (χ1) is 25.4. The van der Waals surface area contributed by atoms with Gasteiger partial charge in [0.15, 0.2) is 15.4 Å². The van der Waals surface area contributed by atoms with Gasteiger partial charge in [0, 0.05) is 66.4 Å². The Bertz CT molecular complexity index is 2170. The molecular weight excluding hydrogens is 737 g/mol. The summed E-state index contributed by atoms with van der Waals surface area (Å²) in [7, 11) is -8.66. The molecule has 1 saturated heterocycles. The van der Waals surface area contributed by atoms with Crippen LogP contribution in [0, 0.1) is 0 Å². The lowest BCUT2D eigenvalue weighted by atomic mass is 9.76. The Hall–Kier alpha value is -4.32. The third-order valence-electron chi connectivity index (χ3n) is 9.31. The molecule has 2 amide bonds. The number of sulfonamides is 1. The highest BCUT2D eigenvalue weighted by molar-refractivity contribution is 7.99. The highest BCUT2D eigenvalue weighted by Crippen LogP contribution is 2.37. The fourth-order valence-corrected chi connectivity index (χ4v) is 9.66. The number of fused-ring (bicyclic) bond motifs is 1. The second-order valence-corrected chi connectivity index (χ2v) is 17.7. The van der Waals surface area contributed by atoms with Crippen molar-refractivity contribution in [2.75, 3.05) is 56.7 Å². The molecule has 13 nitrogen and oxygen atoms in total. The van der Waals surface area contributed by atoms with Gasteiger partial charge in [-0.2, -0.15) is 0 Å². The molecule has 1 unspecified atom stereocenters. The van der Waals surface area contributed by atoms with Crippen molar-refractivity contribution in [3.05, 3.63) is 114 Å². The number of anilines is 1. The van der Waals surface area contributed by atoms with Gasteiger partial charge in [0.2, 0.25) is 5.91 Å². The number of nitrogens with zero attached hydrogens (tertiary/aromatic N) is 2. The van der Waals surface area contributed by atoms with E-state index in [4.69, 9.17) is 10.5 Å². The van der Waals surface area contributed by atoms with Crippen molar-refractivity contribution in [2.45, 2.75) is 39.1 Å². The molecule has 3 aromatic carbocycles. The van der Waals surface area contributed by atoms with E-state index in [2.05, 4.69) is 25.2 Å². The van der Waals surface area contributed by atoms with Crippen LogP contribution in [0.4, 0.5) is 5.69 Å². The SMILES string of the molecule is CS(=O)(=O)c1cc(S(=O)(=O)NC(=O)C2(c3ccccn3)NCCc3cccc(C(N)=O)c32)ccc1N[C@H](CCN1CCOCC1)CSc1ccccc1. The summed E-state index contributed by atoms with van der Waals surface area (Å²) in [6.07, 6.45) is 3.59. The lowest BCUT2D eigenvalue weighted by Gasteiger charge is -2.39. The van der Waals surface area contributed by atoms with Crippen LogP contribution >= 0.6 is 11.8 Å². The first-order valence-electron chi connectivity index (χ1n) is 17.1. The molecule has 0 radical (unpaired) electrons. The van der Waals surface area contributed by atoms with Crippen molar-refractivity contribution < 1.29 is 31.2 Å². The number of nitrogens with one attached hydrogen (secondary N) is 3. The number of thioether (sulfide) groups is 1. The quantitative estimate of drug-likeness (QED) is 0.137. The Labute approximate surface area is 314 Å². The van der Waals surface area contributed by atoms with Gasteiger partial charge in [-0.05, 0) is 66.9 Å². The molecule has 2 atom stereocenters. The average Bonchev–Trinajstić information content (AvgIpc) is 3.16. The molecule has 280 valence electrons. The van der Waals surface area contributed by atoms with Crippen molar-refractivity contribution in [3.8, 4) is 0 Å². The zero-order valence-electron chi connectivity index (χ0n) is 29.2. The molecule has 2 aliphatic heterocycles. The largest absolute Gasteiger partial charge is 0.380 e. The number of hydrogen-bond donors (Lipinski definition) is 4. The van der Waals surface area contributed by atoms with Crippen molar-refractivity contribution in [1.82, 2.24) is 19.9 Å². The Morgan fingerprint density at radius 3 is 2.45 bits per heavy atom. The van der Waals surface area contributed by atoms with Gasteiger partial charge < -0.3 is 15.8 Å². The zero-order valence-corrected chi connectivity index (χ0v) is 31.6. The van der Waals surface area contributed by atoms with Crippen LogP contribution in [-0.4, -0.2) is 96.0 Å². The number of carbonyl (C=O) groups excluding carboxylic acids is 2. The monoisotopic (exact) mass is 778 g/mol. The van der Waals surface area contributed by atoms with Gasteiger partial charge in [0.25, 0.3) is 15.9 Å². The number of primary amides is 1. The molecule has 16 heteroatoms. The summed E-state index contributed by atoms with van der Waals surface area (Å²) in [4.78, 5) is 34.2. The number of morpholine rings is 1. The van der Waals surface area contributed by atoms with E-state index in [-0.39, 0.29) is 40.0 Å². The van der Waals surface area contributed by atoms with Crippen molar-refractivity contribution in [2.24, 2.45) is 5.73 Å². The predicted octanol–water partition coefficient (Wildman–Crippen LogP) is 2.77. The lowest BCUT2D eigenvalue weighted by Crippen LogP contribution is -2.60. The third-order valence-corrected chi connectivity index (χ3v) is 12.9. The Balaban J connectivity index is 1.32. The Kier molecular flexibility index (Phi) is 11.9. The van der Waals surface area contributed by atoms with Gasteiger partial charge in [-0.1, -0.05) is 36.4 Å². The number of pyridine rings is 1. The minimum atomic E-state index is -4.69. The molecule has 0 aliphatic carbocycles. The van der Waals surface area contributed by atoms with Crippen LogP contribution in [0.3, 0.4) is 0 Å². The maximum Gasteiger partial charge on any atom is 0.264 e. The summed E-state index contributed by atoms with van der Waals surface area (Å²) in [5.74, 6) is -1.21. The van der Waals surface area contributed by atoms with Gasteiger partial charge >= 0.3 is 0 Å². The van der Waals surface area contributed by atoms with Gasteiger partial charge in [0.05, 0.1) is 34.4 Å². The average molecular weight is 779 g/mol. The summed E-state index contributed by atoms with van der Waals surface area (Å²) in [6, 6.07) is 23.1. The smallest absolute Gasteiger partial charge is 0.264 e.